The van der Waals surface area contributed by atoms with Crippen LogP contribution in [0.25, 0.3) is 20.2 Å². The van der Waals surface area contributed by atoms with Crippen LogP contribution in [0.15, 0.2) is 35.1 Å². The minimum atomic E-state index is -0.826. The minimum absolute atomic E-state index is 0.00873. The Kier molecular flexibility index (Phi) is 5.50. The van der Waals surface area contributed by atoms with Gasteiger partial charge in [-0.15, -0.1) is 11.3 Å². The van der Waals surface area contributed by atoms with Gasteiger partial charge in [0.15, 0.2) is 17.0 Å². The summed E-state index contributed by atoms with van der Waals surface area (Å²) >= 11 is 7.94. The van der Waals surface area contributed by atoms with E-state index in [-0.39, 0.29) is 12.0 Å². The fourth-order valence-corrected chi connectivity index (χ4v) is 4.36. The molecule has 0 amide bonds. The molecular formula is C21H25ClNO3S+. The largest absolute Gasteiger partial charge is 0.490 e. The average Bonchev–Trinajstić information content (AvgIpc) is 2.62. The van der Waals surface area contributed by atoms with Gasteiger partial charge in [0.25, 0.3) is 0 Å². The lowest BCUT2D eigenvalue weighted by molar-refractivity contribution is -0.886. The van der Waals surface area contributed by atoms with Gasteiger partial charge in [-0.3, -0.25) is 4.79 Å². The zero-order valence-corrected chi connectivity index (χ0v) is 17.8. The molecule has 0 saturated heterocycles. The molecule has 2 aromatic carbocycles. The number of likely N-dealkylation sites (N-methyl/N-ethyl adjacent to an activating group) is 1. The Morgan fingerprint density at radius 2 is 1.81 bits per heavy atom. The van der Waals surface area contributed by atoms with E-state index in [1.54, 1.807) is 17.4 Å². The summed E-state index contributed by atoms with van der Waals surface area (Å²) in [4.78, 5) is 13.0. The van der Waals surface area contributed by atoms with Gasteiger partial charge in [-0.1, -0.05) is 23.7 Å². The molecule has 1 aromatic heterocycles. The summed E-state index contributed by atoms with van der Waals surface area (Å²) in [5.41, 5.74) is 1.51. The monoisotopic (exact) mass is 406 g/mol. The minimum Gasteiger partial charge on any atom is -0.490 e. The molecule has 0 bridgehead atoms. The van der Waals surface area contributed by atoms with Crippen molar-refractivity contribution in [3.05, 3.63) is 51.7 Å². The maximum atomic E-state index is 13.0. The predicted octanol–water partition coefficient (Wildman–Crippen LogP) is 4.04. The molecule has 0 aliphatic carbocycles. The molecule has 0 spiro atoms. The van der Waals surface area contributed by atoms with E-state index >= 15 is 0 Å². The highest BCUT2D eigenvalue weighted by Gasteiger charge is 2.30. The summed E-state index contributed by atoms with van der Waals surface area (Å²) in [7, 11) is 5.76. The Bertz CT molecular complexity index is 1060. The molecule has 2 atom stereocenters. The summed E-state index contributed by atoms with van der Waals surface area (Å²) in [6.45, 7) is 4.05. The summed E-state index contributed by atoms with van der Waals surface area (Å²) in [5, 5.41) is 11.7. The van der Waals surface area contributed by atoms with Gasteiger partial charge in [0, 0.05) is 20.2 Å². The zero-order chi connectivity index (χ0) is 19.9. The van der Waals surface area contributed by atoms with Crippen molar-refractivity contribution < 1.29 is 14.3 Å². The SMILES string of the molecule is Cc1c(OCC(O)C(Cl)[N+](C)(C)C)cc2c(=O)c3ccccc3sc2c1C. The number of aliphatic hydroxyl groups excluding tert-OH is 1. The van der Waals surface area contributed by atoms with Gasteiger partial charge in [0.05, 0.1) is 21.1 Å². The van der Waals surface area contributed by atoms with Crippen LogP contribution in [-0.2, 0) is 0 Å². The third kappa shape index (κ3) is 3.83. The molecule has 1 N–H and O–H groups in total. The van der Waals surface area contributed by atoms with E-state index in [0.29, 0.717) is 15.6 Å². The molecular weight excluding hydrogens is 382 g/mol. The van der Waals surface area contributed by atoms with Crippen molar-refractivity contribution in [2.45, 2.75) is 25.5 Å². The lowest BCUT2D eigenvalue weighted by Gasteiger charge is -2.32. The topological polar surface area (TPSA) is 46.5 Å². The van der Waals surface area contributed by atoms with Crippen LogP contribution in [-0.4, -0.2) is 48.9 Å². The van der Waals surface area contributed by atoms with Crippen molar-refractivity contribution in [3.8, 4) is 5.75 Å². The standard InChI is InChI=1S/C21H25ClNO3S/c1-12-13(2)20-15(19(25)14-8-6-7-9-18(14)27-20)10-17(12)26-11-16(24)21(22)23(3,4)5/h6-10,16,21,24H,11H2,1-5H3/q+1. The van der Waals surface area contributed by atoms with Gasteiger partial charge in [0.2, 0.25) is 0 Å². The van der Waals surface area contributed by atoms with Crippen LogP contribution in [0.3, 0.4) is 0 Å². The first-order valence-corrected chi connectivity index (χ1v) is 10.1. The number of aryl methyl sites for hydroxylation is 1. The highest BCUT2D eigenvalue weighted by Crippen LogP contribution is 2.34. The van der Waals surface area contributed by atoms with Crippen LogP contribution >= 0.6 is 22.9 Å². The highest BCUT2D eigenvalue weighted by atomic mass is 35.5. The third-order valence-corrected chi connectivity index (χ3v) is 7.03. The van der Waals surface area contributed by atoms with Gasteiger partial charge >= 0.3 is 0 Å². The number of quaternary nitrogens is 1. The molecule has 3 rings (SSSR count). The maximum Gasteiger partial charge on any atom is 0.196 e. The molecule has 2 unspecified atom stereocenters. The van der Waals surface area contributed by atoms with E-state index in [2.05, 4.69) is 0 Å². The summed E-state index contributed by atoms with van der Waals surface area (Å²) in [6, 6.07) is 9.45. The van der Waals surface area contributed by atoms with Crippen LogP contribution in [0.5, 0.6) is 5.75 Å². The Balaban J connectivity index is 2.02. The van der Waals surface area contributed by atoms with Crippen LogP contribution in [0.1, 0.15) is 11.1 Å². The number of rotatable bonds is 5. The Morgan fingerprint density at radius 1 is 1.15 bits per heavy atom. The van der Waals surface area contributed by atoms with Crippen molar-refractivity contribution in [2.24, 2.45) is 0 Å². The molecule has 1 heterocycles. The van der Waals surface area contributed by atoms with E-state index in [1.807, 2.05) is 59.3 Å². The molecule has 6 heteroatoms. The second kappa shape index (κ2) is 7.40. The number of halogens is 1. The van der Waals surface area contributed by atoms with Crippen molar-refractivity contribution in [3.63, 3.8) is 0 Å². The first-order valence-electron chi connectivity index (χ1n) is 8.83. The molecule has 0 aliphatic heterocycles. The maximum absolute atomic E-state index is 13.0. The summed E-state index contributed by atoms with van der Waals surface area (Å²) < 4.78 is 8.27. The average molecular weight is 407 g/mol. The zero-order valence-electron chi connectivity index (χ0n) is 16.2. The smallest absolute Gasteiger partial charge is 0.196 e. The fourth-order valence-electron chi connectivity index (χ4n) is 3.08. The normalized spacial score (nSPS) is 14.5. The van der Waals surface area contributed by atoms with E-state index in [1.165, 1.54) is 0 Å². The lowest BCUT2D eigenvalue weighted by atomic mass is 10.1. The van der Waals surface area contributed by atoms with Gasteiger partial charge in [-0.2, -0.15) is 0 Å². The number of benzene rings is 2. The molecule has 0 aliphatic rings. The van der Waals surface area contributed by atoms with Crippen LogP contribution in [0.2, 0.25) is 0 Å². The van der Waals surface area contributed by atoms with Crippen molar-refractivity contribution in [2.75, 3.05) is 27.7 Å². The van der Waals surface area contributed by atoms with Crippen LogP contribution in [0.4, 0.5) is 0 Å². The second-order valence-corrected chi connectivity index (χ2v) is 9.30. The quantitative estimate of drug-likeness (QED) is 0.301. The number of nitrogens with zero attached hydrogens (tertiary/aromatic N) is 1. The van der Waals surface area contributed by atoms with Crippen LogP contribution in [0, 0.1) is 13.8 Å². The number of ether oxygens (including phenoxy) is 1. The molecule has 0 fully saturated rings. The Labute approximate surface area is 168 Å². The molecule has 3 aromatic rings. The predicted molar refractivity (Wildman–Crippen MR) is 114 cm³/mol. The number of fused-ring (bicyclic) bond motifs is 2. The first-order chi connectivity index (χ1) is 12.6. The van der Waals surface area contributed by atoms with E-state index in [0.717, 1.165) is 25.9 Å². The third-order valence-electron chi connectivity index (χ3n) is 4.85. The van der Waals surface area contributed by atoms with E-state index < -0.39 is 11.6 Å². The number of aliphatic hydroxyl groups is 1. The highest BCUT2D eigenvalue weighted by molar-refractivity contribution is 7.24. The molecule has 4 nitrogen and oxygen atoms in total. The summed E-state index contributed by atoms with van der Waals surface area (Å²) in [5.74, 6) is 0.615. The number of alkyl halides is 1. The van der Waals surface area contributed by atoms with Gasteiger partial charge in [-0.25, -0.2) is 0 Å². The van der Waals surface area contributed by atoms with Crippen molar-refractivity contribution in [1.29, 1.82) is 0 Å². The number of hydrogen-bond acceptors (Lipinski definition) is 4. The molecule has 0 saturated carbocycles. The molecule has 144 valence electrons. The molecule has 27 heavy (non-hydrogen) atoms. The van der Waals surface area contributed by atoms with E-state index in [4.69, 9.17) is 16.3 Å². The van der Waals surface area contributed by atoms with Crippen LogP contribution < -0.4 is 10.2 Å². The van der Waals surface area contributed by atoms with Crippen molar-refractivity contribution >= 4 is 43.1 Å². The Hall–Kier alpha value is -1.66. The first kappa shape index (κ1) is 20.1. The van der Waals surface area contributed by atoms with Crippen molar-refractivity contribution in [1.82, 2.24) is 0 Å². The second-order valence-electron chi connectivity index (χ2n) is 7.80. The van der Waals surface area contributed by atoms with E-state index in [9.17, 15) is 9.90 Å². The fraction of sp³-hybridized carbons (Fsp3) is 0.381. The van der Waals surface area contributed by atoms with Gasteiger partial charge in [-0.05, 0) is 43.2 Å². The summed E-state index contributed by atoms with van der Waals surface area (Å²) in [6.07, 6.45) is -0.826. The van der Waals surface area contributed by atoms with Gasteiger partial charge in [0.1, 0.15) is 12.4 Å². The van der Waals surface area contributed by atoms with Gasteiger partial charge < -0.3 is 14.3 Å². The Morgan fingerprint density at radius 3 is 2.48 bits per heavy atom. The number of hydrogen-bond donors (Lipinski definition) is 1. The lowest BCUT2D eigenvalue weighted by Crippen LogP contribution is -2.50. The molecule has 0 radical (unpaired) electrons.